The molecule has 1 aromatic carbocycles. The maximum atomic E-state index is 5.39. The SMILES string of the molecule is CSCC(C)(C)Cc1ccc2c(c1)OCO2. The largest absolute Gasteiger partial charge is 0.454 e. The third kappa shape index (κ3) is 2.64. The van der Waals surface area contributed by atoms with Gasteiger partial charge in [-0.25, -0.2) is 0 Å². The molecule has 3 heteroatoms. The number of hydrogen-bond donors (Lipinski definition) is 0. The molecule has 2 rings (SSSR count). The second kappa shape index (κ2) is 4.58. The number of benzene rings is 1. The van der Waals surface area contributed by atoms with Crippen LogP contribution in [-0.2, 0) is 6.42 Å². The minimum absolute atomic E-state index is 0.327. The lowest BCUT2D eigenvalue weighted by Crippen LogP contribution is -2.17. The van der Waals surface area contributed by atoms with Gasteiger partial charge in [-0.3, -0.25) is 0 Å². The molecular formula is C13H18O2S. The number of hydrogen-bond acceptors (Lipinski definition) is 3. The summed E-state index contributed by atoms with van der Waals surface area (Å²) < 4.78 is 10.7. The Morgan fingerprint density at radius 3 is 2.75 bits per heavy atom. The third-order valence-electron chi connectivity index (χ3n) is 2.65. The Kier molecular flexibility index (Phi) is 3.33. The van der Waals surface area contributed by atoms with Crippen LogP contribution in [0.3, 0.4) is 0 Å². The molecule has 0 unspecified atom stereocenters. The normalized spacial score (nSPS) is 14.2. The fraction of sp³-hybridized carbons (Fsp3) is 0.538. The molecule has 0 N–H and O–H groups in total. The third-order valence-corrected chi connectivity index (χ3v) is 3.72. The van der Waals surface area contributed by atoms with Crippen molar-refractivity contribution in [1.29, 1.82) is 0 Å². The predicted octanol–water partition coefficient (Wildman–Crippen LogP) is 3.35. The van der Waals surface area contributed by atoms with E-state index in [4.69, 9.17) is 9.47 Å². The second-order valence-corrected chi connectivity index (χ2v) is 5.83. The van der Waals surface area contributed by atoms with E-state index in [1.807, 2.05) is 17.8 Å². The summed E-state index contributed by atoms with van der Waals surface area (Å²) in [7, 11) is 0. The molecule has 0 amide bonds. The fourth-order valence-electron chi connectivity index (χ4n) is 2.05. The van der Waals surface area contributed by atoms with Crippen molar-refractivity contribution in [3.8, 4) is 11.5 Å². The molecule has 0 aliphatic carbocycles. The van der Waals surface area contributed by atoms with Gasteiger partial charge in [-0.05, 0) is 41.5 Å². The molecule has 0 fully saturated rings. The molecular weight excluding hydrogens is 220 g/mol. The molecule has 1 aliphatic rings. The average Bonchev–Trinajstić information content (AvgIpc) is 2.63. The molecule has 0 saturated heterocycles. The smallest absolute Gasteiger partial charge is 0.231 e. The van der Waals surface area contributed by atoms with E-state index in [-0.39, 0.29) is 0 Å². The zero-order chi connectivity index (χ0) is 11.6. The van der Waals surface area contributed by atoms with Crippen LogP contribution in [0.4, 0.5) is 0 Å². The first kappa shape index (κ1) is 11.6. The summed E-state index contributed by atoms with van der Waals surface area (Å²) in [5, 5.41) is 0. The molecule has 1 aromatic rings. The minimum Gasteiger partial charge on any atom is -0.454 e. The van der Waals surface area contributed by atoms with Crippen LogP contribution in [-0.4, -0.2) is 18.8 Å². The molecule has 0 spiro atoms. The summed E-state index contributed by atoms with van der Waals surface area (Å²) >= 11 is 1.90. The van der Waals surface area contributed by atoms with Crippen molar-refractivity contribution in [1.82, 2.24) is 0 Å². The van der Waals surface area contributed by atoms with Crippen molar-refractivity contribution in [2.45, 2.75) is 20.3 Å². The molecule has 16 heavy (non-hydrogen) atoms. The van der Waals surface area contributed by atoms with Crippen LogP contribution in [0.5, 0.6) is 11.5 Å². The molecule has 1 aliphatic heterocycles. The van der Waals surface area contributed by atoms with E-state index in [2.05, 4.69) is 32.2 Å². The number of thioether (sulfide) groups is 1. The maximum Gasteiger partial charge on any atom is 0.231 e. The van der Waals surface area contributed by atoms with Crippen LogP contribution in [0.25, 0.3) is 0 Å². The summed E-state index contributed by atoms with van der Waals surface area (Å²) in [4.78, 5) is 0. The Balaban J connectivity index is 2.10. The molecule has 88 valence electrons. The lowest BCUT2D eigenvalue weighted by atomic mass is 9.88. The van der Waals surface area contributed by atoms with Gasteiger partial charge in [-0.1, -0.05) is 19.9 Å². The van der Waals surface area contributed by atoms with Gasteiger partial charge in [0.25, 0.3) is 0 Å². The maximum absolute atomic E-state index is 5.39. The Hall–Kier alpha value is -0.830. The molecule has 0 radical (unpaired) electrons. The Bertz CT molecular complexity index is 374. The number of ether oxygens (including phenoxy) is 2. The van der Waals surface area contributed by atoms with Crippen molar-refractivity contribution >= 4 is 11.8 Å². The van der Waals surface area contributed by atoms with Gasteiger partial charge in [-0.15, -0.1) is 0 Å². The van der Waals surface area contributed by atoms with Crippen molar-refractivity contribution in [3.63, 3.8) is 0 Å². The number of fused-ring (bicyclic) bond motifs is 1. The van der Waals surface area contributed by atoms with Gasteiger partial charge in [0, 0.05) is 0 Å². The highest BCUT2D eigenvalue weighted by molar-refractivity contribution is 7.98. The van der Waals surface area contributed by atoms with E-state index < -0.39 is 0 Å². The Labute approximate surface area is 101 Å². The second-order valence-electron chi connectivity index (χ2n) is 4.96. The fourth-order valence-corrected chi connectivity index (χ4v) is 2.93. The lowest BCUT2D eigenvalue weighted by molar-refractivity contribution is 0.174. The molecule has 1 heterocycles. The van der Waals surface area contributed by atoms with Crippen LogP contribution < -0.4 is 9.47 Å². The predicted molar refractivity (Wildman–Crippen MR) is 68.4 cm³/mol. The molecule has 0 atom stereocenters. The van der Waals surface area contributed by atoms with E-state index in [1.165, 1.54) is 11.3 Å². The Morgan fingerprint density at radius 2 is 2.00 bits per heavy atom. The van der Waals surface area contributed by atoms with E-state index in [1.54, 1.807) is 0 Å². The van der Waals surface area contributed by atoms with E-state index in [0.29, 0.717) is 12.2 Å². The van der Waals surface area contributed by atoms with Crippen LogP contribution in [0, 0.1) is 5.41 Å². The van der Waals surface area contributed by atoms with Gasteiger partial charge in [0.15, 0.2) is 11.5 Å². The van der Waals surface area contributed by atoms with E-state index in [9.17, 15) is 0 Å². The average molecular weight is 238 g/mol. The van der Waals surface area contributed by atoms with Crippen molar-refractivity contribution in [3.05, 3.63) is 23.8 Å². The van der Waals surface area contributed by atoms with Gasteiger partial charge in [0.05, 0.1) is 0 Å². The summed E-state index contributed by atoms with van der Waals surface area (Å²) in [5.74, 6) is 2.92. The first-order chi connectivity index (χ1) is 7.61. The minimum atomic E-state index is 0.327. The first-order valence-corrected chi connectivity index (χ1v) is 6.88. The Morgan fingerprint density at radius 1 is 1.25 bits per heavy atom. The highest BCUT2D eigenvalue weighted by Gasteiger charge is 2.20. The van der Waals surface area contributed by atoms with Gasteiger partial charge < -0.3 is 9.47 Å². The molecule has 0 saturated carbocycles. The summed E-state index contributed by atoms with van der Waals surface area (Å²) in [5.41, 5.74) is 1.65. The summed E-state index contributed by atoms with van der Waals surface area (Å²) in [6.45, 7) is 4.95. The van der Waals surface area contributed by atoms with E-state index in [0.717, 1.165) is 17.9 Å². The zero-order valence-electron chi connectivity index (χ0n) is 10.1. The number of rotatable bonds is 4. The van der Waals surface area contributed by atoms with Crippen LogP contribution in [0.1, 0.15) is 19.4 Å². The zero-order valence-corrected chi connectivity index (χ0v) is 10.9. The topological polar surface area (TPSA) is 18.5 Å². The van der Waals surface area contributed by atoms with Gasteiger partial charge in [-0.2, -0.15) is 11.8 Å². The van der Waals surface area contributed by atoms with Crippen molar-refractivity contribution < 1.29 is 9.47 Å². The lowest BCUT2D eigenvalue weighted by Gasteiger charge is -2.23. The monoisotopic (exact) mass is 238 g/mol. The van der Waals surface area contributed by atoms with Gasteiger partial charge in [0.2, 0.25) is 6.79 Å². The first-order valence-electron chi connectivity index (χ1n) is 5.48. The molecule has 0 aromatic heterocycles. The van der Waals surface area contributed by atoms with Crippen molar-refractivity contribution in [2.75, 3.05) is 18.8 Å². The standard InChI is InChI=1S/C13H18O2S/c1-13(2,8-16-3)7-10-4-5-11-12(6-10)15-9-14-11/h4-6H,7-9H2,1-3H3. The highest BCUT2D eigenvalue weighted by Crippen LogP contribution is 2.35. The van der Waals surface area contributed by atoms with Gasteiger partial charge >= 0.3 is 0 Å². The highest BCUT2D eigenvalue weighted by atomic mass is 32.2. The van der Waals surface area contributed by atoms with E-state index >= 15 is 0 Å². The summed E-state index contributed by atoms with van der Waals surface area (Å²) in [6.07, 6.45) is 3.23. The van der Waals surface area contributed by atoms with Crippen LogP contribution in [0.15, 0.2) is 18.2 Å². The van der Waals surface area contributed by atoms with Crippen molar-refractivity contribution in [2.24, 2.45) is 5.41 Å². The van der Waals surface area contributed by atoms with Gasteiger partial charge in [0.1, 0.15) is 0 Å². The molecule has 2 nitrogen and oxygen atoms in total. The quantitative estimate of drug-likeness (QED) is 0.801. The van der Waals surface area contributed by atoms with Crippen LogP contribution in [0.2, 0.25) is 0 Å². The molecule has 0 bridgehead atoms. The summed E-state index contributed by atoms with van der Waals surface area (Å²) in [6, 6.07) is 6.24. The van der Waals surface area contributed by atoms with Crippen LogP contribution >= 0.6 is 11.8 Å².